The van der Waals surface area contributed by atoms with Crippen LogP contribution in [-0.4, -0.2) is 131 Å². The molecule has 0 saturated carbocycles. The number of pyridine rings is 1. The number of thioether (sulfide) groups is 1. The van der Waals surface area contributed by atoms with Crippen LogP contribution in [0.3, 0.4) is 0 Å². The van der Waals surface area contributed by atoms with Gasteiger partial charge in [-0.1, -0.05) is 104 Å². The van der Waals surface area contributed by atoms with Gasteiger partial charge in [-0.2, -0.15) is 16.1 Å². The Labute approximate surface area is 469 Å². The number of benzene rings is 4. The number of aliphatic hydroxyl groups excluding tert-OH is 1. The third kappa shape index (κ3) is 13.7. The molecule has 2 saturated heterocycles. The Balaban J connectivity index is 0.794. The molecule has 2 aromatic heterocycles. The van der Waals surface area contributed by atoms with E-state index >= 15 is 0 Å². The average Bonchev–Trinajstić information content (AvgIpc) is 4.23. The first-order valence-electron chi connectivity index (χ1n) is 27.0. The molecule has 20 nitrogen and oxygen atoms in total. The Morgan fingerprint density at radius 3 is 2.35 bits per heavy atom. The molecular weight excluding hydrogens is 1080 g/mol. The molecule has 9 rings (SSSR count). The van der Waals surface area contributed by atoms with Gasteiger partial charge < -0.3 is 31.7 Å². The number of sulfone groups is 1. The maximum Gasteiger partial charge on any atom is 0.315 e. The van der Waals surface area contributed by atoms with E-state index in [0.717, 1.165) is 35.4 Å². The van der Waals surface area contributed by atoms with Crippen molar-refractivity contribution < 1.29 is 45.9 Å². The van der Waals surface area contributed by atoms with E-state index in [2.05, 4.69) is 36.9 Å². The van der Waals surface area contributed by atoms with Crippen molar-refractivity contribution in [3.63, 3.8) is 0 Å². The molecule has 0 radical (unpaired) electrons. The highest BCUT2D eigenvalue weighted by Gasteiger charge is 2.42. The molecule has 4 aromatic carbocycles. The number of sulfonamides is 1. The van der Waals surface area contributed by atoms with Crippen molar-refractivity contribution in [2.45, 2.75) is 134 Å². The van der Waals surface area contributed by atoms with Gasteiger partial charge in [0, 0.05) is 78.0 Å². The second-order valence-corrected chi connectivity index (χ2v) is 25.9. The van der Waals surface area contributed by atoms with Crippen LogP contribution in [0.2, 0.25) is 0 Å². The number of aromatic nitrogens is 4. The SMILES string of the molecule is CC1CN(CC(O)[C@H](C)n2cc(CNC(=O)[C@H](Cc3ccc(C(=O)c4ccccc4)cc3)NC(=O)CCCCCNC(=O)CCCC[C@@H]3SC[C@@H]4NC(=O)N[C@@H]43)nn2)S(=O)(=O)c2cccc(c2)S(=O)(=O)c2cccc3ccc1nc23. The van der Waals surface area contributed by atoms with Crippen LogP contribution < -0.4 is 26.6 Å². The van der Waals surface area contributed by atoms with Gasteiger partial charge in [0.2, 0.25) is 37.6 Å². The van der Waals surface area contributed by atoms with E-state index in [1.807, 2.05) is 17.8 Å². The topological polar surface area (TPSA) is 281 Å². The second kappa shape index (κ2) is 25.6. The molecule has 4 bridgehead atoms. The van der Waals surface area contributed by atoms with Crippen LogP contribution in [0.5, 0.6) is 0 Å². The van der Waals surface area contributed by atoms with Crippen molar-refractivity contribution in [3.05, 3.63) is 143 Å². The number of carbonyl (C=O) groups excluding carboxylic acids is 5. The summed E-state index contributed by atoms with van der Waals surface area (Å²) >= 11 is 1.86. The molecule has 80 heavy (non-hydrogen) atoms. The van der Waals surface area contributed by atoms with Crippen molar-refractivity contribution in [2.24, 2.45) is 0 Å². The molecular formula is C57H66N10O10S3. The lowest BCUT2D eigenvalue weighted by Crippen LogP contribution is -2.47. The minimum atomic E-state index is -4.40. The zero-order valence-electron chi connectivity index (χ0n) is 44.5. The largest absolute Gasteiger partial charge is 0.390 e. The van der Waals surface area contributed by atoms with E-state index in [1.165, 1.54) is 35.1 Å². The van der Waals surface area contributed by atoms with E-state index in [0.29, 0.717) is 70.9 Å². The van der Waals surface area contributed by atoms with Crippen LogP contribution >= 0.6 is 11.8 Å². The number of hydrogen-bond donors (Lipinski definition) is 6. The van der Waals surface area contributed by atoms with Gasteiger partial charge in [0.15, 0.2) is 5.78 Å². The van der Waals surface area contributed by atoms with Crippen LogP contribution in [0, 0.1) is 0 Å². The molecule has 3 aliphatic rings. The number of carbonyl (C=O) groups is 5. The highest BCUT2D eigenvalue weighted by Crippen LogP contribution is 2.34. The Kier molecular flexibility index (Phi) is 18.4. The second-order valence-electron chi connectivity index (χ2n) is 20.7. The molecule has 422 valence electrons. The molecule has 2 fully saturated rings. The first kappa shape index (κ1) is 57.6. The van der Waals surface area contributed by atoms with Gasteiger partial charge >= 0.3 is 6.03 Å². The van der Waals surface area contributed by atoms with E-state index in [4.69, 9.17) is 4.98 Å². The Morgan fingerprint density at radius 2 is 1.55 bits per heavy atom. The van der Waals surface area contributed by atoms with Crippen LogP contribution in [0.1, 0.15) is 110 Å². The number of hydrogen-bond acceptors (Lipinski definition) is 14. The molecule has 5 amide bonds. The van der Waals surface area contributed by atoms with E-state index < -0.39 is 56.4 Å². The number of rotatable bonds is 23. The fraction of sp³-hybridized carbons (Fsp3) is 0.404. The Morgan fingerprint density at radius 1 is 0.812 bits per heavy atom. The molecule has 6 aromatic rings. The van der Waals surface area contributed by atoms with Crippen molar-refractivity contribution >= 4 is 72.1 Å². The van der Waals surface area contributed by atoms with E-state index in [9.17, 15) is 45.9 Å². The van der Waals surface area contributed by atoms with E-state index in [-0.39, 0.29) is 81.8 Å². The van der Waals surface area contributed by atoms with Crippen LogP contribution in [0.15, 0.2) is 130 Å². The fourth-order valence-corrected chi connectivity index (χ4v) is 14.9. The summed E-state index contributed by atoms with van der Waals surface area (Å²) in [5.74, 6) is -0.655. The summed E-state index contributed by atoms with van der Waals surface area (Å²) < 4.78 is 59.4. The number of urea groups is 1. The van der Waals surface area contributed by atoms with Crippen molar-refractivity contribution in [1.82, 2.24) is 50.9 Å². The Bertz CT molecular complexity index is 3460. The lowest BCUT2D eigenvalue weighted by atomic mass is 9.99. The molecule has 0 aliphatic carbocycles. The van der Waals surface area contributed by atoms with Gasteiger partial charge in [-0.15, -0.1) is 5.10 Å². The summed E-state index contributed by atoms with van der Waals surface area (Å²) in [4.78, 5) is 68.9. The lowest BCUT2D eigenvalue weighted by molar-refractivity contribution is -0.129. The number of para-hydroxylation sites is 1. The summed E-state index contributed by atoms with van der Waals surface area (Å²) in [5, 5.41) is 35.7. The number of aliphatic hydroxyl groups is 1. The minimum absolute atomic E-state index is 0.0208. The van der Waals surface area contributed by atoms with Crippen LogP contribution in [-0.2, 0) is 47.2 Å². The van der Waals surface area contributed by atoms with Crippen molar-refractivity contribution in [1.29, 1.82) is 0 Å². The third-order valence-electron chi connectivity index (χ3n) is 14.9. The lowest BCUT2D eigenvalue weighted by Gasteiger charge is -2.29. The maximum absolute atomic E-state index is 14.4. The number of ketones is 1. The molecule has 23 heteroatoms. The van der Waals surface area contributed by atoms with Gasteiger partial charge in [-0.3, -0.25) is 24.2 Å². The minimum Gasteiger partial charge on any atom is -0.390 e. The van der Waals surface area contributed by atoms with Gasteiger partial charge in [0.25, 0.3) is 0 Å². The van der Waals surface area contributed by atoms with Crippen molar-refractivity contribution in [2.75, 3.05) is 25.4 Å². The summed E-state index contributed by atoms with van der Waals surface area (Å²) in [7, 11) is -8.60. The number of fused-ring (bicyclic) bond motifs is 4. The smallest absolute Gasteiger partial charge is 0.315 e. The highest BCUT2D eigenvalue weighted by molar-refractivity contribution is 8.00. The summed E-state index contributed by atoms with van der Waals surface area (Å²) in [6, 6.07) is 27.6. The zero-order chi connectivity index (χ0) is 56.6. The van der Waals surface area contributed by atoms with Gasteiger partial charge in [-0.25, -0.2) is 26.3 Å². The first-order valence-corrected chi connectivity index (χ1v) is 31.0. The molecule has 6 N–H and O–H groups in total. The fourth-order valence-electron chi connectivity index (χ4n) is 10.2. The molecule has 7 atom stereocenters. The van der Waals surface area contributed by atoms with E-state index in [1.54, 1.807) is 86.6 Å². The van der Waals surface area contributed by atoms with Crippen LogP contribution in [0.4, 0.5) is 4.79 Å². The predicted molar refractivity (Wildman–Crippen MR) is 301 cm³/mol. The number of nitrogens with one attached hydrogen (secondary N) is 5. The number of amides is 5. The maximum atomic E-state index is 14.4. The van der Waals surface area contributed by atoms with Crippen LogP contribution in [0.25, 0.3) is 10.9 Å². The predicted octanol–water partition coefficient (Wildman–Crippen LogP) is 5.37. The molecule has 3 aliphatic heterocycles. The molecule has 5 heterocycles. The van der Waals surface area contributed by atoms with Crippen molar-refractivity contribution in [3.8, 4) is 0 Å². The summed E-state index contributed by atoms with van der Waals surface area (Å²) in [6.07, 6.45) is 5.29. The normalized spacial score (nSPS) is 20.3. The number of unbranched alkanes of at least 4 members (excludes halogenated alkanes) is 3. The third-order valence-corrected chi connectivity index (χ3v) is 20.0. The number of nitrogens with zero attached hydrogens (tertiary/aromatic N) is 5. The average molecular weight is 1150 g/mol. The monoisotopic (exact) mass is 1150 g/mol. The molecule has 0 spiro atoms. The zero-order valence-corrected chi connectivity index (χ0v) is 46.9. The Hall–Kier alpha value is -7.05. The quantitative estimate of drug-likeness (QED) is 0.0268. The molecule has 2 unspecified atom stereocenters. The number of β-amino-alcohol motifs (C(OH)–C–C–N with tert-alkyl or cyclic N) is 1. The van der Waals surface area contributed by atoms with Gasteiger partial charge in [0.05, 0.1) is 57.2 Å². The summed E-state index contributed by atoms with van der Waals surface area (Å²) in [5.41, 5.74) is 2.74. The highest BCUT2D eigenvalue weighted by atomic mass is 32.2. The van der Waals surface area contributed by atoms with Gasteiger partial charge in [0.1, 0.15) is 11.7 Å². The van der Waals surface area contributed by atoms with Gasteiger partial charge in [-0.05, 0) is 68.5 Å². The summed E-state index contributed by atoms with van der Waals surface area (Å²) in [6.45, 7) is 3.28. The first-order chi connectivity index (χ1) is 38.4. The standard InChI is InChI=1S/C57H66N10O10S3/c1-36-32-66(80(76,77)44-17-12-16-43(30-44)79(74,75)50-19-11-15-39-26-27-45(36)61-53(39)50)34-48(68)37(2)67-33-42(64-65-67)31-59-56(72)46(29-38-22-24-41(25-23-38)55(71)40-13-5-3-6-14-40)60-52(70)21-7-4-10-28-58-51(69)20-9-8-18-49-54-47(35-78-49)62-57(73)63-54/h3,5-6,11-17,19,22-27,30,33,36-37,46-49,54,68H,4,7-10,18,20-21,28-29,31-32,34-35H2,1-2H3,(H,58,69)(H,59,72)(H,60,70)(H2,62,63,73)/t36?,37-,46-,47-,48?,49-,54-/m0/s1.